The Bertz CT molecular complexity index is 2010. The van der Waals surface area contributed by atoms with Gasteiger partial charge in [0.25, 0.3) is 0 Å². The Hall–Kier alpha value is -5.10. The lowest BCUT2D eigenvalue weighted by Crippen LogP contribution is -2.38. The first-order chi connectivity index (χ1) is 23.6. The number of carboxylic acid groups (broad SMARTS) is 1. The summed E-state index contributed by atoms with van der Waals surface area (Å²) < 4.78 is 60.1. The Balaban J connectivity index is 1.16. The molecule has 0 radical (unpaired) electrons. The van der Waals surface area contributed by atoms with Crippen LogP contribution in [-0.2, 0) is 31.0 Å². The number of piperidine rings is 1. The van der Waals surface area contributed by atoms with E-state index in [1.54, 1.807) is 50.6 Å². The van der Waals surface area contributed by atoms with Crippen molar-refractivity contribution in [3.8, 4) is 11.5 Å². The smallest absolute Gasteiger partial charge is 0.328 e. The topological polar surface area (TPSA) is 94.6 Å². The highest BCUT2D eigenvalue weighted by Crippen LogP contribution is 2.29. The van der Waals surface area contributed by atoms with Gasteiger partial charge in [-0.05, 0) is 92.8 Å². The molecule has 12 heteroatoms. The predicted molar refractivity (Wildman–Crippen MR) is 179 cm³/mol. The maximum absolute atomic E-state index is 15.5. The van der Waals surface area contributed by atoms with E-state index in [0.29, 0.717) is 67.2 Å². The number of fused-ring (bicyclic) bond motifs is 1. The lowest BCUT2D eigenvalue weighted by atomic mass is 10.1. The number of aryl methyl sites for hydroxylation is 2. The summed E-state index contributed by atoms with van der Waals surface area (Å²) in [5.41, 5.74) is 3.68. The monoisotopic (exact) mass is 673 g/mol. The predicted octanol–water partition coefficient (Wildman–Crippen LogP) is 7.14. The lowest BCUT2D eigenvalue weighted by Gasteiger charge is -2.32. The third-order valence-corrected chi connectivity index (χ3v) is 8.83. The van der Waals surface area contributed by atoms with Crippen molar-refractivity contribution in [1.29, 1.82) is 0 Å². The molecule has 0 unspecified atom stereocenters. The van der Waals surface area contributed by atoms with Gasteiger partial charge in [0.05, 0.1) is 30.6 Å². The largest absolute Gasteiger partial charge is 0.490 e. The first kappa shape index (κ1) is 33.8. The van der Waals surface area contributed by atoms with Gasteiger partial charge in [0, 0.05) is 37.5 Å². The molecule has 1 fully saturated rings. The number of benzene rings is 3. The van der Waals surface area contributed by atoms with Gasteiger partial charge in [0.15, 0.2) is 17.4 Å². The van der Waals surface area contributed by atoms with Crippen molar-refractivity contribution in [3.63, 3.8) is 0 Å². The van der Waals surface area contributed by atoms with Crippen molar-refractivity contribution in [2.75, 3.05) is 13.1 Å². The molecule has 0 amide bonds. The number of carboxylic acids is 1. The molecule has 3 aromatic carbocycles. The van der Waals surface area contributed by atoms with Crippen molar-refractivity contribution in [2.24, 2.45) is 0 Å². The molecule has 1 aliphatic heterocycles. The molecule has 5 aromatic rings. The number of hydrogen-bond acceptors (Lipinski definition) is 6. The summed E-state index contributed by atoms with van der Waals surface area (Å²) in [6, 6.07) is 12.2. The summed E-state index contributed by atoms with van der Waals surface area (Å²) in [5, 5.41) is 9.26. The van der Waals surface area contributed by atoms with E-state index in [2.05, 4.69) is 9.88 Å². The molecule has 0 aliphatic carbocycles. The molecule has 1 aliphatic rings. The van der Waals surface area contributed by atoms with E-state index in [1.165, 1.54) is 24.3 Å². The van der Waals surface area contributed by atoms with Crippen LogP contribution in [0.15, 0.2) is 67.1 Å². The zero-order valence-corrected chi connectivity index (χ0v) is 27.6. The summed E-state index contributed by atoms with van der Waals surface area (Å²) >= 11 is 0. The molecule has 0 saturated carbocycles. The minimum atomic E-state index is -1.10. The molecule has 1 N–H and O–H groups in total. The molecule has 9 nitrogen and oxygen atoms in total. The van der Waals surface area contributed by atoms with Gasteiger partial charge < -0.3 is 23.7 Å². The van der Waals surface area contributed by atoms with Crippen molar-refractivity contribution in [3.05, 3.63) is 113 Å². The Morgan fingerprint density at radius 1 is 1.02 bits per heavy atom. The highest BCUT2D eigenvalue weighted by Gasteiger charge is 2.25. The van der Waals surface area contributed by atoms with Gasteiger partial charge >= 0.3 is 5.97 Å². The van der Waals surface area contributed by atoms with Crippen LogP contribution < -0.4 is 9.47 Å². The molecular formula is C37H38F3N5O4. The third kappa shape index (κ3) is 7.80. The fourth-order valence-electron chi connectivity index (χ4n) is 6.14. The SMILES string of the molecule is CCn1cncc1Cn1c(CN2CCC(Oc3ccc(F)c(COc4ccc(C)cc4F)c3)CC2)nc2c(F)cc(/C(C)=C/C(=O)O)cc21. The number of halogens is 3. The molecule has 0 spiro atoms. The van der Waals surface area contributed by atoms with Crippen LogP contribution in [0.3, 0.4) is 0 Å². The van der Waals surface area contributed by atoms with Gasteiger partial charge in [-0.2, -0.15) is 0 Å². The van der Waals surface area contributed by atoms with Gasteiger partial charge in [-0.15, -0.1) is 0 Å². The van der Waals surface area contributed by atoms with Crippen LogP contribution in [0.4, 0.5) is 13.2 Å². The first-order valence-electron chi connectivity index (χ1n) is 16.2. The van der Waals surface area contributed by atoms with Gasteiger partial charge in [0.2, 0.25) is 0 Å². The van der Waals surface area contributed by atoms with E-state index >= 15 is 4.39 Å². The average Bonchev–Trinajstić information content (AvgIpc) is 3.67. The van der Waals surface area contributed by atoms with E-state index < -0.39 is 23.4 Å². The van der Waals surface area contributed by atoms with E-state index in [0.717, 1.165) is 23.9 Å². The van der Waals surface area contributed by atoms with Crippen molar-refractivity contribution < 1.29 is 32.5 Å². The zero-order chi connectivity index (χ0) is 34.7. The second-order valence-corrected chi connectivity index (χ2v) is 12.3. The Kier molecular flexibility index (Phi) is 10.0. The number of ether oxygens (including phenoxy) is 2. The summed E-state index contributed by atoms with van der Waals surface area (Å²) in [6.45, 7) is 8.29. The van der Waals surface area contributed by atoms with Crippen LogP contribution in [0.1, 0.15) is 54.9 Å². The molecule has 3 heterocycles. The number of likely N-dealkylation sites (tertiary alicyclic amines) is 1. The fraction of sp³-hybridized carbons (Fsp3) is 0.324. The summed E-state index contributed by atoms with van der Waals surface area (Å²) in [7, 11) is 0. The summed E-state index contributed by atoms with van der Waals surface area (Å²) in [5.74, 6) is -1.33. The molecule has 6 rings (SSSR count). The van der Waals surface area contributed by atoms with Gasteiger partial charge in [-0.25, -0.2) is 27.9 Å². The molecule has 1 saturated heterocycles. The maximum Gasteiger partial charge on any atom is 0.328 e. The van der Waals surface area contributed by atoms with Crippen molar-refractivity contribution in [1.82, 2.24) is 24.0 Å². The van der Waals surface area contributed by atoms with Crippen molar-refractivity contribution >= 4 is 22.6 Å². The average molecular weight is 674 g/mol. The molecule has 0 atom stereocenters. The number of carbonyl (C=O) groups is 1. The summed E-state index contributed by atoms with van der Waals surface area (Å²) in [4.78, 5) is 22.6. The van der Waals surface area contributed by atoms with Crippen LogP contribution in [0.25, 0.3) is 16.6 Å². The van der Waals surface area contributed by atoms with Crippen LogP contribution in [0, 0.1) is 24.4 Å². The number of imidazole rings is 2. The minimum Gasteiger partial charge on any atom is -0.490 e. The number of hydrogen-bond donors (Lipinski definition) is 1. The van der Waals surface area contributed by atoms with E-state index in [9.17, 15) is 18.7 Å². The molecule has 2 aromatic heterocycles. The second kappa shape index (κ2) is 14.6. The zero-order valence-electron chi connectivity index (χ0n) is 27.6. The third-order valence-electron chi connectivity index (χ3n) is 8.83. The van der Waals surface area contributed by atoms with E-state index in [4.69, 9.17) is 14.5 Å². The normalized spacial score (nSPS) is 14.4. The number of aromatic nitrogens is 4. The highest BCUT2D eigenvalue weighted by atomic mass is 19.1. The number of allylic oxidation sites excluding steroid dienone is 1. The van der Waals surface area contributed by atoms with Crippen LogP contribution in [-0.4, -0.2) is 54.3 Å². The van der Waals surface area contributed by atoms with Gasteiger partial charge in [-0.3, -0.25) is 4.90 Å². The molecule has 49 heavy (non-hydrogen) atoms. The second-order valence-electron chi connectivity index (χ2n) is 12.3. The fourth-order valence-corrected chi connectivity index (χ4v) is 6.14. The standard InChI is InChI=1S/C37H38F3N5O4/c1-4-44-22-41-18-27(44)19-45-33-17-25(24(3)14-36(46)47)16-32(40)37(33)42-35(45)20-43-11-9-28(10-12-43)49-29-6-7-30(38)26(15-29)21-48-34-8-5-23(2)13-31(34)39/h5-8,13-18,22,28H,4,9-12,19-21H2,1-3H3,(H,46,47)/b24-14+. The molecular weight excluding hydrogens is 635 g/mol. The minimum absolute atomic E-state index is 0.0570. The number of rotatable bonds is 12. The van der Waals surface area contributed by atoms with E-state index in [-0.39, 0.29) is 29.5 Å². The number of aliphatic carboxylic acids is 1. The highest BCUT2D eigenvalue weighted by molar-refractivity contribution is 5.91. The first-order valence-corrected chi connectivity index (χ1v) is 16.2. The Labute approximate surface area is 282 Å². The van der Waals surface area contributed by atoms with Gasteiger partial charge in [0.1, 0.15) is 35.6 Å². The van der Waals surface area contributed by atoms with Crippen LogP contribution in [0.2, 0.25) is 0 Å². The van der Waals surface area contributed by atoms with Crippen molar-refractivity contribution in [2.45, 2.75) is 66.0 Å². The summed E-state index contributed by atoms with van der Waals surface area (Å²) in [6.07, 6.45) is 5.91. The lowest BCUT2D eigenvalue weighted by molar-refractivity contribution is -0.131. The number of nitrogens with zero attached hydrogens (tertiary/aromatic N) is 5. The van der Waals surface area contributed by atoms with Crippen LogP contribution in [0.5, 0.6) is 11.5 Å². The van der Waals surface area contributed by atoms with E-state index in [1.807, 2.05) is 16.1 Å². The Morgan fingerprint density at radius 2 is 1.82 bits per heavy atom. The maximum atomic E-state index is 15.5. The molecule has 256 valence electrons. The van der Waals surface area contributed by atoms with Gasteiger partial charge in [-0.1, -0.05) is 6.07 Å². The molecule has 0 bridgehead atoms. The van der Waals surface area contributed by atoms with Crippen LogP contribution >= 0.6 is 0 Å². The Morgan fingerprint density at radius 3 is 2.55 bits per heavy atom. The quantitative estimate of drug-likeness (QED) is 0.141.